The zero-order valence-corrected chi connectivity index (χ0v) is 11.7. The summed E-state index contributed by atoms with van der Waals surface area (Å²) in [4.78, 5) is 14.0. The number of methoxy groups -OCH3 is 1. The van der Waals surface area contributed by atoms with E-state index in [9.17, 15) is 4.79 Å². The van der Waals surface area contributed by atoms with Crippen molar-refractivity contribution in [3.8, 4) is 5.75 Å². The number of hydrogen-bond donors (Lipinski definition) is 2. The third kappa shape index (κ3) is 3.17. The highest BCUT2D eigenvalue weighted by Crippen LogP contribution is 2.29. The van der Waals surface area contributed by atoms with Gasteiger partial charge in [0.2, 0.25) is 0 Å². The van der Waals surface area contributed by atoms with E-state index in [4.69, 9.17) is 4.74 Å². The van der Waals surface area contributed by atoms with Gasteiger partial charge in [-0.25, -0.2) is 4.79 Å². The van der Waals surface area contributed by atoms with Crippen molar-refractivity contribution in [2.75, 3.05) is 38.6 Å². The molecule has 5 heteroatoms. The van der Waals surface area contributed by atoms with Gasteiger partial charge in [-0.1, -0.05) is 6.07 Å². The molecule has 2 amide bonds. The zero-order chi connectivity index (χ0) is 13.8. The molecule has 0 bridgehead atoms. The summed E-state index contributed by atoms with van der Waals surface area (Å²) in [7, 11) is 1.62. The Labute approximate surface area is 113 Å². The van der Waals surface area contributed by atoms with Crippen molar-refractivity contribution >= 4 is 11.7 Å². The van der Waals surface area contributed by atoms with Crippen LogP contribution in [0.5, 0.6) is 5.75 Å². The Morgan fingerprint density at radius 3 is 2.63 bits per heavy atom. The first-order chi connectivity index (χ1) is 9.11. The van der Waals surface area contributed by atoms with Crippen LogP contribution in [-0.4, -0.2) is 44.2 Å². The third-order valence-electron chi connectivity index (χ3n) is 3.30. The molecule has 0 atom stereocenters. The molecule has 1 saturated heterocycles. The van der Waals surface area contributed by atoms with Gasteiger partial charge in [0.15, 0.2) is 0 Å². The van der Waals surface area contributed by atoms with Gasteiger partial charge >= 0.3 is 6.03 Å². The third-order valence-corrected chi connectivity index (χ3v) is 3.30. The van der Waals surface area contributed by atoms with Crippen LogP contribution in [0.3, 0.4) is 0 Å². The molecule has 1 aliphatic rings. The highest BCUT2D eigenvalue weighted by molar-refractivity contribution is 5.92. The first-order valence-electron chi connectivity index (χ1n) is 6.53. The van der Waals surface area contributed by atoms with E-state index < -0.39 is 0 Å². The summed E-state index contributed by atoms with van der Waals surface area (Å²) in [5.41, 5.74) is 2.89. The summed E-state index contributed by atoms with van der Waals surface area (Å²) in [6, 6.07) is 3.91. The summed E-state index contributed by atoms with van der Waals surface area (Å²) in [5, 5.41) is 6.19. The van der Waals surface area contributed by atoms with Crippen molar-refractivity contribution in [3.63, 3.8) is 0 Å². The molecule has 1 aromatic carbocycles. The van der Waals surface area contributed by atoms with Gasteiger partial charge < -0.3 is 20.3 Å². The predicted octanol–water partition coefficient (Wildman–Crippen LogP) is 1.75. The van der Waals surface area contributed by atoms with Crippen molar-refractivity contribution < 1.29 is 9.53 Å². The fourth-order valence-electron chi connectivity index (χ4n) is 2.30. The number of hydrogen-bond acceptors (Lipinski definition) is 3. The molecular formula is C14H21N3O2. The molecule has 2 N–H and O–H groups in total. The van der Waals surface area contributed by atoms with Crippen molar-refractivity contribution in [2.24, 2.45) is 0 Å². The second-order valence-corrected chi connectivity index (χ2v) is 4.83. The number of nitrogens with zero attached hydrogens (tertiary/aromatic N) is 1. The number of aryl methyl sites for hydroxylation is 2. The minimum atomic E-state index is -0.0632. The molecule has 1 fully saturated rings. The SMILES string of the molecule is COc1cc(C)cc(C)c1NC(=O)N1CCNCC1. The topological polar surface area (TPSA) is 53.6 Å². The summed E-state index contributed by atoms with van der Waals surface area (Å²) < 4.78 is 5.35. The molecule has 5 nitrogen and oxygen atoms in total. The van der Waals surface area contributed by atoms with E-state index in [-0.39, 0.29) is 6.03 Å². The normalized spacial score (nSPS) is 15.2. The molecule has 0 spiro atoms. The van der Waals surface area contributed by atoms with E-state index in [1.54, 1.807) is 7.11 Å². The standard InChI is InChI=1S/C14H21N3O2/c1-10-8-11(2)13(12(9-10)19-3)16-14(18)17-6-4-15-5-7-17/h8-9,15H,4-7H2,1-3H3,(H,16,18). The summed E-state index contributed by atoms with van der Waals surface area (Å²) in [6.45, 7) is 7.15. The molecule has 0 saturated carbocycles. The van der Waals surface area contributed by atoms with Crippen LogP contribution in [-0.2, 0) is 0 Å². The summed E-state index contributed by atoms with van der Waals surface area (Å²) in [5.74, 6) is 0.709. The molecule has 0 unspecified atom stereocenters. The van der Waals surface area contributed by atoms with E-state index in [0.29, 0.717) is 5.75 Å². The van der Waals surface area contributed by atoms with Crippen LogP contribution < -0.4 is 15.4 Å². The number of ether oxygens (including phenoxy) is 1. The van der Waals surface area contributed by atoms with Gasteiger partial charge in [0.05, 0.1) is 12.8 Å². The van der Waals surface area contributed by atoms with Crippen LogP contribution >= 0.6 is 0 Å². The molecule has 2 rings (SSSR count). The summed E-state index contributed by atoms with van der Waals surface area (Å²) in [6.07, 6.45) is 0. The molecule has 0 radical (unpaired) electrons. The van der Waals surface area contributed by atoms with E-state index >= 15 is 0 Å². The van der Waals surface area contributed by atoms with Crippen molar-refractivity contribution in [3.05, 3.63) is 23.3 Å². The van der Waals surface area contributed by atoms with Crippen LogP contribution in [0.4, 0.5) is 10.5 Å². The fraction of sp³-hybridized carbons (Fsp3) is 0.500. The quantitative estimate of drug-likeness (QED) is 0.854. The average Bonchev–Trinajstić information content (AvgIpc) is 2.42. The first kappa shape index (κ1) is 13.7. The number of carbonyl (C=O) groups excluding carboxylic acids is 1. The second-order valence-electron chi connectivity index (χ2n) is 4.83. The number of nitrogens with one attached hydrogen (secondary N) is 2. The monoisotopic (exact) mass is 263 g/mol. The number of urea groups is 1. The summed E-state index contributed by atoms with van der Waals surface area (Å²) >= 11 is 0. The van der Waals surface area contributed by atoms with Gasteiger partial charge in [0.1, 0.15) is 5.75 Å². The Bertz CT molecular complexity index is 468. The maximum Gasteiger partial charge on any atom is 0.322 e. The van der Waals surface area contributed by atoms with E-state index in [1.165, 1.54) is 0 Å². The molecule has 1 aromatic rings. The molecule has 0 aromatic heterocycles. The smallest absolute Gasteiger partial charge is 0.322 e. The molecule has 19 heavy (non-hydrogen) atoms. The molecule has 0 aliphatic carbocycles. The van der Waals surface area contributed by atoms with Gasteiger partial charge in [-0.2, -0.15) is 0 Å². The highest BCUT2D eigenvalue weighted by atomic mass is 16.5. The van der Waals surface area contributed by atoms with Gasteiger partial charge in [-0.05, 0) is 31.0 Å². The Balaban J connectivity index is 2.15. The number of carbonyl (C=O) groups is 1. The molecular weight excluding hydrogens is 242 g/mol. The molecule has 104 valence electrons. The first-order valence-corrected chi connectivity index (χ1v) is 6.53. The molecule has 1 heterocycles. The number of piperazine rings is 1. The van der Waals surface area contributed by atoms with Crippen LogP contribution in [0.1, 0.15) is 11.1 Å². The van der Waals surface area contributed by atoms with Crippen LogP contribution in [0, 0.1) is 13.8 Å². The van der Waals surface area contributed by atoms with E-state index in [0.717, 1.165) is 43.0 Å². The van der Waals surface area contributed by atoms with E-state index in [2.05, 4.69) is 10.6 Å². The van der Waals surface area contributed by atoms with Gasteiger partial charge in [-0.15, -0.1) is 0 Å². The van der Waals surface area contributed by atoms with Crippen molar-refractivity contribution in [1.29, 1.82) is 0 Å². The van der Waals surface area contributed by atoms with Gasteiger partial charge in [-0.3, -0.25) is 0 Å². The second kappa shape index (κ2) is 5.93. The Hall–Kier alpha value is -1.75. The maximum absolute atomic E-state index is 12.2. The zero-order valence-electron chi connectivity index (χ0n) is 11.7. The van der Waals surface area contributed by atoms with E-state index in [1.807, 2.05) is 30.9 Å². The maximum atomic E-state index is 12.2. The lowest BCUT2D eigenvalue weighted by Crippen LogP contribution is -2.48. The lowest BCUT2D eigenvalue weighted by Gasteiger charge is -2.28. The fourth-order valence-corrected chi connectivity index (χ4v) is 2.30. The lowest BCUT2D eigenvalue weighted by molar-refractivity contribution is 0.203. The largest absolute Gasteiger partial charge is 0.495 e. The van der Waals surface area contributed by atoms with Gasteiger partial charge in [0, 0.05) is 26.2 Å². The Morgan fingerprint density at radius 2 is 2.00 bits per heavy atom. The Kier molecular flexibility index (Phi) is 4.27. The van der Waals surface area contributed by atoms with Gasteiger partial charge in [0.25, 0.3) is 0 Å². The number of amides is 2. The Morgan fingerprint density at radius 1 is 1.32 bits per heavy atom. The highest BCUT2D eigenvalue weighted by Gasteiger charge is 2.18. The molecule has 1 aliphatic heterocycles. The van der Waals surface area contributed by atoms with Crippen LogP contribution in [0.25, 0.3) is 0 Å². The van der Waals surface area contributed by atoms with Crippen LogP contribution in [0.2, 0.25) is 0 Å². The van der Waals surface area contributed by atoms with Crippen molar-refractivity contribution in [2.45, 2.75) is 13.8 Å². The number of rotatable bonds is 2. The predicted molar refractivity (Wildman–Crippen MR) is 75.9 cm³/mol. The minimum Gasteiger partial charge on any atom is -0.495 e. The number of benzene rings is 1. The lowest BCUT2D eigenvalue weighted by atomic mass is 10.1. The van der Waals surface area contributed by atoms with Crippen LogP contribution in [0.15, 0.2) is 12.1 Å². The average molecular weight is 263 g/mol. The number of anilines is 1. The minimum absolute atomic E-state index is 0.0632. The van der Waals surface area contributed by atoms with Crippen molar-refractivity contribution in [1.82, 2.24) is 10.2 Å².